The van der Waals surface area contributed by atoms with Crippen molar-refractivity contribution in [3.8, 4) is 0 Å². The minimum Gasteiger partial charge on any atom is -0.473 e. The summed E-state index contributed by atoms with van der Waals surface area (Å²) < 4.78 is 0. The van der Waals surface area contributed by atoms with Crippen molar-refractivity contribution in [2.24, 2.45) is 0 Å². The van der Waals surface area contributed by atoms with Crippen LogP contribution in [0.1, 0.15) is 34.1 Å². The summed E-state index contributed by atoms with van der Waals surface area (Å²) >= 11 is 0. The van der Waals surface area contributed by atoms with Crippen LogP contribution in [0.3, 0.4) is 0 Å². The van der Waals surface area contributed by atoms with Crippen molar-refractivity contribution < 1.29 is 30.1 Å². The molecule has 1 unspecified atom stereocenters. The van der Waals surface area contributed by atoms with E-state index in [1.54, 1.807) is 0 Å². The Morgan fingerprint density at radius 2 is 1.47 bits per heavy atom. The number of nitrogens with zero attached hydrogens (tertiary/aromatic N) is 3. The summed E-state index contributed by atoms with van der Waals surface area (Å²) in [6.07, 6.45) is 0.542. The largest absolute Gasteiger partial charge is 0.473 e. The van der Waals surface area contributed by atoms with Crippen LogP contribution in [0.2, 0.25) is 0 Å². The molecular weight excluding hydrogens is 390 g/mol. The highest BCUT2D eigenvalue weighted by atomic mass is 16.4. The van der Waals surface area contributed by atoms with Gasteiger partial charge < -0.3 is 20.6 Å². The van der Waals surface area contributed by atoms with Gasteiger partial charge in [-0.1, -0.05) is 25.1 Å². The third-order valence-electron chi connectivity index (χ3n) is 4.89. The predicted octanol–water partition coefficient (Wildman–Crippen LogP) is 1.18. The van der Waals surface area contributed by atoms with Gasteiger partial charge in [-0.05, 0) is 32.9 Å². The summed E-state index contributed by atoms with van der Waals surface area (Å²) in [6.45, 7) is 14.0. The van der Waals surface area contributed by atoms with Crippen LogP contribution in [0.5, 0.6) is 0 Å². The lowest BCUT2D eigenvalue weighted by atomic mass is 10.1. The average Bonchev–Trinajstić information content (AvgIpc) is 2.69. The molecule has 1 aromatic rings. The van der Waals surface area contributed by atoms with Crippen molar-refractivity contribution in [1.82, 2.24) is 9.80 Å². The van der Waals surface area contributed by atoms with Crippen molar-refractivity contribution >= 4 is 23.5 Å². The van der Waals surface area contributed by atoms with Crippen LogP contribution in [0.4, 0.5) is 5.69 Å². The van der Waals surface area contributed by atoms with E-state index in [4.69, 9.17) is 19.8 Å². The molecule has 4 N–H and O–H groups in total. The van der Waals surface area contributed by atoms with E-state index in [2.05, 4.69) is 30.6 Å². The summed E-state index contributed by atoms with van der Waals surface area (Å²) in [4.78, 5) is 37.6. The molecule has 1 atom stereocenters. The number of para-hydroxylation sites is 1. The van der Waals surface area contributed by atoms with Gasteiger partial charge in [0.2, 0.25) is 5.91 Å². The molecule has 1 amide bonds. The molecule has 0 aliphatic carbocycles. The second-order valence-electron chi connectivity index (χ2n) is 7.34. The van der Waals surface area contributed by atoms with Gasteiger partial charge in [0.25, 0.3) is 0 Å². The fourth-order valence-corrected chi connectivity index (χ4v) is 3.32. The summed E-state index contributed by atoms with van der Waals surface area (Å²) in [5.41, 5.74) is 1.01. The van der Waals surface area contributed by atoms with E-state index in [0.29, 0.717) is 12.5 Å². The minimum atomic E-state index is -1.82. The van der Waals surface area contributed by atoms with Gasteiger partial charge in [0.05, 0.1) is 0 Å². The van der Waals surface area contributed by atoms with Gasteiger partial charge in [0, 0.05) is 56.9 Å². The fourth-order valence-electron chi connectivity index (χ4n) is 3.32. The second kappa shape index (κ2) is 13.7. The third-order valence-corrected chi connectivity index (χ3v) is 4.89. The van der Waals surface area contributed by atoms with Crippen molar-refractivity contribution in [1.29, 1.82) is 0 Å². The Morgan fingerprint density at radius 3 is 1.87 bits per heavy atom. The molecule has 1 aliphatic rings. The van der Waals surface area contributed by atoms with Crippen molar-refractivity contribution in [2.45, 2.75) is 46.2 Å². The highest BCUT2D eigenvalue weighted by molar-refractivity contribution is 6.27. The summed E-state index contributed by atoms with van der Waals surface area (Å²) in [6, 6.07) is 10.9. The molecule has 30 heavy (non-hydrogen) atoms. The highest BCUT2D eigenvalue weighted by Gasteiger charge is 2.25. The average molecular weight is 426 g/mol. The number of amides is 1. The lowest BCUT2D eigenvalue weighted by molar-refractivity contribution is -0.159. The lowest BCUT2D eigenvalue weighted by Crippen LogP contribution is -2.53. The number of carboxylic acids is 2. The molecule has 9 heteroatoms. The van der Waals surface area contributed by atoms with Gasteiger partial charge in [-0.3, -0.25) is 14.6 Å². The number of aliphatic carboxylic acids is 2. The van der Waals surface area contributed by atoms with Gasteiger partial charge >= 0.3 is 11.9 Å². The number of hydrogen-bond acceptors (Lipinski definition) is 5. The van der Waals surface area contributed by atoms with Crippen LogP contribution in [-0.4, -0.2) is 88.1 Å². The van der Waals surface area contributed by atoms with Gasteiger partial charge in [0.15, 0.2) is 0 Å². The highest BCUT2D eigenvalue weighted by Crippen LogP contribution is 2.19. The Bertz CT molecular complexity index is 648. The predicted molar refractivity (Wildman–Crippen MR) is 116 cm³/mol. The quantitative estimate of drug-likeness (QED) is 0.654. The van der Waals surface area contributed by atoms with E-state index in [0.717, 1.165) is 38.4 Å². The summed E-state index contributed by atoms with van der Waals surface area (Å²) in [5, 5.41) is 14.8. The maximum Gasteiger partial charge on any atom is 0.414 e. The molecule has 0 radical (unpaired) electrons. The normalized spacial score (nSPS) is 15.4. The van der Waals surface area contributed by atoms with Crippen LogP contribution in [0, 0.1) is 0 Å². The van der Waals surface area contributed by atoms with Crippen molar-refractivity contribution in [2.75, 3.05) is 37.6 Å². The van der Waals surface area contributed by atoms with Crippen LogP contribution < -0.4 is 4.90 Å². The molecule has 0 bridgehead atoms. The summed E-state index contributed by atoms with van der Waals surface area (Å²) in [7, 11) is 0. The van der Waals surface area contributed by atoms with Crippen LogP contribution in [-0.2, 0) is 14.4 Å². The van der Waals surface area contributed by atoms with Crippen molar-refractivity contribution in [3.63, 3.8) is 0 Å². The molecule has 0 spiro atoms. The number of anilines is 1. The van der Waals surface area contributed by atoms with Gasteiger partial charge in [0.1, 0.15) is 0 Å². The first kappa shape index (κ1) is 27.5. The number of carboxylic acid groups (broad SMARTS) is 2. The zero-order chi connectivity index (χ0) is 22.0. The first-order valence-electron chi connectivity index (χ1n) is 9.97. The standard InChI is InChI=1S/C19H31N3O.C2H2O4.H2O/c1-5-19(23)22(18-9-7-6-8-10-18)17(4)15-20-11-13-21(14-12-20)16(2)3;3-1(4)2(5)6;/h6-10,16-17H,5,11-15H2,1-4H3;(H,3,4)(H,5,6);1H2. The molecule has 1 aliphatic heterocycles. The first-order valence-corrected chi connectivity index (χ1v) is 9.97. The van der Waals surface area contributed by atoms with E-state index < -0.39 is 11.9 Å². The molecule has 1 fully saturated rings. The van der Waals surface area contributed by atoms with Gasteiger partial charge in [-0.2, -0.15) is 0 Å². The van der Waals surface area contributed by atoms with E-state index in [1.807, 2.05) is 42.2 Å². The SMILES string of the molecule is CCC(=O)N(c1ccccc1)C(C)CN1CCN(C(C)C)CC1.O.O=C(O)C(=O)O. The van der Waals surface area contributed by atoms with Gasteiger partial charge in [-0.15, -0.1) is 0 Å². The Morgan fingerprint density at radius 1 is 0.967 bits per heavy atom. The van der Waals surface area contributed by atoms with Crippen LogP contribution in [0.25, 0.3) is 0 Å². The molecular formula is C21H35N3O6. The van der Waals surface area contributed by atoms with E-state index in [-0.39, 0.29) is 17.4 Å². The number of piperazine rings is 1. The third kappa shape index (κ3) is 8.89. The molecule has 0 aromatic heterocycles. The Hall–Kier alpha value is -2.49. The molecule has 0 saturated carbocycles. The van der Waals surface area contributed by atoms with E-state index in [9.17, 15) is 4.79 Å². The molecule has 9 nitrogen and oxygen atoms in total. The zero-order valence-corrected chi connectivity index (χ0v) is 18.2. The fraction of sp³-hybridized carbons (Fsp3) is 0.571. The molecule has 2 rings (SSSR count). The molecule has 1 heterocycles. The van der Waals surface area contributed by atoms with Gasteiger partial charge in [-0.25, -0.2) is 9.59 Å². The monoisotopic (exact) mass is 425 g/mol. The first-order chi connectivity index (χ1) is 13.7. The minimum absolute atomic E-state index is 0. The topological polar surface area (TPSA) is 133 Å². The van der Waals surface area contributed by atoms with Crippen molar-refractivity contribution in [3.05, 3.63) is 30.3 Å². The number of carbonyl (C=O) groups excluding carboxylic acids is 1. The number of rotatable bonds is 6. The zero-order valence-electron chi connectivity index (χ0n) is 18.2. The molecule has 170 valence electrons. The Kier molecular flexibility index (Phi) is 12.5. The van der Waals surface area contributed by atoms with Crippen LogP contribution in [0.15, 0.2) is 30.3 Å². The molecule has 1 saturated heterocycles. The molecule has 1 aromatic carbocycles. The maximum atomic E-state index is 12.4. The number of carbonyl (C=O) groups is 3. The second-order valence-corrected chi connectivity index (χ2v) is 7.34. The number of hydrogen-bond donors (Lipinski definition) is 2. The smallest absolute Gasteiger partial charge is 0.414 e. The summed E-state index contributed by atoms with van der Waals surface area (Å²) in [5.74, 6) is -3.45. The van der Waals surface area contributed by atoms with Crippen LogP contribution >= 0.6 is 0 Å². The Labute approximate surface area is 178 Å². The van der Waals surface area contributed by atoms with E-state index >= 15 is 0 Å². The van der Waals surface area contributed by atoms with E-state index in [1.165, 1.54) is 0 Å². The maximum absolute atomic E-state index is 12.4. The Balaban J connectivity index is 0.00000105. The lowest BCUT2D eigenvalue weighted by Gasteiger charge is -2.39. The number of benzene rings is 1.